The minimum absolute atomic E-state index is 1.00. The number of allylic oxidation sites excluding steroid dienone is 4. The molecule has 0 fully saturated rings. The topological polar surface area (TPSA) is 9.86 Å². The second kappa shape index (κ2) is 11.1. The van der Waals surface area contributed by atoms with Crippen molar-refractivity contribution in [3.05, 3.63) is 188 Å². The van der Waals surface area contributed by atoms with Gasteiger partial charge in [-0.05, 0) is 88.8 Å². The molecule has 2 heteroatoms. The Morgan fingerprint density at radius 3 is 1.69 bits per heavy atom. The van der Waals surface area contributed by atoms with E-state index in [1.165, 1.54) is 88.4 Å². The van der Waals surface area contributed by atoms with E-state index in [0.717, 1.165) is 6.42 Å². The Bertz CT molecular complexity index is 2790. The number of hydrogen-bond acceptors (Lipinski definition) is 0. The van der Waals surface area contributed by atoms with Crippen molar-refractivity contribution in [3.8, 4) is 33.6 Å². The number of benzene rings is 7. The highest BCUT2D eigenvalue weighted by atomic mass is 15.0. The van der Waals surface area contributed by atoms with Gasteiger partial charge >= 0.3 is 0 Å². The third kappa shape index (κ3) is 4.42. The van der Waals surface area contributed by atoms with Crippen molar-refractivity contribution >= 4 is 49.2 Å². The summed E-state index contributed by atoms with van der Waals surface area (Å²) in [7, 11) is 0. The van der Waals surface area contributed by atoms with Gasteiger partial charge in [0.15, 0.2) is 0 Å². The monoisotopic (exact) mass is 624 g/mol. The first kappa shape index (κ1) is 27.7. The van der Waals surface area contributed by atoms with Gasteiger partial charge in [0.05, 0.1) is 27.8 Å². The van der Waals surface area contributed by atoms with Gasteiger partial charge in [-0.3, -0.25) is 0 Å². The summed E-state index contributed by atoms with van der Waals surface area (Å²) in [4.78, 5) is 0. The quantitative estimate of drug-likeness (QED) is 0.180. The van der Waals surface area contributed by atoms with Crippen LogP contribution in [0.5, 0.6) is 0 Å². The van der Waals surface area contributed by atoms with E-state index in [1.807, 2.05) is 0 Å². The molecular weight excluding hydrogens is 593 g/mol. The van der Waals surface area contributed by atoms with E-state index in [2.05, 4.69) is 191 Å². The van der Waals surface area contributed by atoms with Crippen molar-refractivity contribution in [2.45, 2.75) is 6.42 Å². The predicted octanol–water partition coefficient (Wildman–Crippen LogP) is 12.6. The number of hydrogen-bond donors (Lipinski definition) is 0. The molecule has 2 heterocycles. The van der Waals surface area contributed by atoms with E-state index in [9.17, 15) is 0 Å². The van der Waals surface area contributed by atoms with Crippen LogP contribution in [0.2, 0.25) is 0 Å². The van der Waals surface area contributed by atoms with Crippen LogP contribution in [0.4, 0.5) is 0 Å². The maximum Gasteiger partial charge on any atom is 0.0541 e. The third-order valence-electron chi connectivity index (χ3n) is 10.1. The van der Waals surface area contributed by atoms with Gasteiger partial charge in [0, 0.05) is 32.8 Å². The van der Waals surface area contributed by atoms with Crippen LogP contribution >= 0.6 is 0 Å². The summed E-state index contributed by atoms with van der Waals surface area (Å²) in [5.74, 6) is 0. The van der Waals surface area contributed by atoms with Crippen LogP contribution < -0.4 is 0 Å². The molecule has 0 bridgehead atoms. The lowest BCUT2D eigenvalue weighted by molar-refractivity contribution is 1.18. The molecule has 0 unspecified atom stereocenters. The Balaban J connectivity index is 1.15. The van der Waals surface area contributed by atoms with Gasteiger partial charge in [0.2, 0.25) is 0 Å². The Hall–Kier alpha value is -6.38. The highest BCUT2D eigenvalue weighted by molar-refractivity contribution is 6.13. The Labute approximate surface area is 285 Å². The van der Waals surface area contributed by atoms with Crippen LogP contribution in [-0.2, 0) is 0 Å². The van der Waals surface area contributed by atoms with Crippen LogP contribution in [0.25, 0.3) is 82.8 Å². The maximum absolute atomic E-state index is 2.43. The summed E-state index contributed by atoms with van der Waals surface area (Å²) >= 11 is 0. The summed E-state index contributed by atoms with van der Waals surface area (Å²) in [5, 5.41) is 5.04. The van der Waals surface area contributed by atoms with E-state index in [-0.39, 0.29) is 0 Å². The van der Waals surface area contributed by atoms with Gasteiger partial charge in [-0.25, -0.2) is 0 Å². The molecule has 0 saturated heterocycles. The zero-order valence-corrected chi connectivity index (χ0v) is 26.9. The summed E-state index contributed by atoms with van der Waals surface area (Å²) in [5.41, 5.74) is 14.6. The SMILES string of the molecule is C1=CC(c2cccc(-n3c4ccccc4c4cc(-c5ccc6c(c5)c5ccccc5n6-c5ccccc5-c5ccccc5)ccc43)c2)=CC1. The molecule has 0 amide bonds. The van der Waals surface area contributed by atoms with Crippen LogP contribution in [0.15, 0.2) is 182 Å². The molecule has 0 spiro atoms. The molecule has 9 aromatic rings. The van der Waals surface area contributed by atoms with E-state index in [1.54, 1.807) is 0 Å². The third-order valence-corrected chi connectivity index (χ3v) is 10.1. The van der Waals surface area contributed by atoms with Crippen molar-refractivity contribution in [2.24, 2.45) is 0 Å². The van der Waals surface area contributed by atoms with Gasteiger partial charge in [-0.15, -0.1) is 0 Å². The fourth-order valence-corrected chi connectivity index (χ4v) is 7.87. The van der Waals surface area contributed by atoms with E-state index < -0.39 is 0 Å². The van der Waals surface area contributed by atoms with E-state index in [0.29, 0.717) is 0 Å². The number of fused-ring (bicyclic) bond motifs is 6. The van der Waals surface area contributed by atoms with Crippen molar-refractivity contribution in [1.29, 1.82) is 0 Å². The standard InChI is InChI=1S/C47H32N2/c1-2-15-33(16-3-1)38-19-6-9-22-43(38)49-45-24-11-8-21-40(45)42-31-36(26-28-47(42)49)35-25-27-46-41(30-35)39-20-7-10-23-44(39)48(46)37-18-12-17-34(29-37)32-13-4-5-14-32/h1-4,6-31H,5H2. The Morgan fingerprint density at radius 1 is 0.388 bits per heavy atom. The molecule has 1 aliphatic carbocycles. The van der Waals surface area contributed by atoms with Gasteiger partial charge in [0.25, 0.3) is 0 Å². The number of aromatic nitrogens is 2. The molecule has 0 saturated carbocycles. The largest absolute Gasteiger partial charge is 0.309 e. The highest BCUT2D eigenvalue weighted by Crippen LogP contribution is 2.40. The average molecular weight is 625 g/mol. The molecule has 0 radical (unpaired) electrons. The van der Waals surface area contributed by atoms with Crippen LogP contribution in [0, 0.1) is 0 Å². The Kier molecular flexibility index (Phi) is 6.28. The van der Waals surface area contributed by atoms with Gasteiger partial charge < -0.3 is 9.13 Å². The molecular formula is C47H32N2. The second-order valence-corrected chi connectivity index (χ2v) is 12.9. The van der Waals surface area contributed by atoms with Crippen molar-refractivity contribution in [3.63, 3.8) is 0 Å². The molecule has 7 aromatic carbocycles. The van der Waals surface area contributed by atoms with Crippen LogP contribution in [0.3, 0.4) is 0 Å². The lowest BCUT2D eigenvalue weighted by atomic mass is 10.0. The lowest BCUT2D eigenvalue weighted by Crippen LogP contribution is -1.97. The number of rotatable bonds is 5. The summed E-state index contributed by atoms with van der Waals surface area (Å²) in [6, 6.07) is 59.9. The van der Waals surface area contributed by atoms with E-state index >= 15 is 0 Å². The molecule has 0 aliphatic heterocycles. The summed E-state index contributed by atoms with van der Waals surface area (Å²) in [6.07, 6.45) is 7.76. The minimum atomic E-state index is 1.00. The predicted molar refractivity (Wildman–Crippen MR) is 208 cm³/mol. The van der Waals surface area contributed by atoms with Gasteiger partial charge in [-0.1, -0.05) is 127 Å². The van der Waals surface area contributed by atoms with Crippen molar-refractivity contribution < 1.29 is 0 Å². The first-order chi connectivity index (χ1) is 24.3. The first-order valence-corrected chi connectivity index (χ1v) is 17.0. The summed E-state index contributed by atoms with van der Waals surface area (Å²) in [6.45, 7) is 0. The van der Waals surface area contributed by atoms with Gasteiger partial charge in [0.1, 0.15) is 0 Å². The smallest absolute Gasteiger partial charge is 0.0541 e. The number of para-hydroxylation sites is 3. The molecule has 1 aliphatic rings. The fraction of sp³-hybridized carbons (Fsp3) is 0.0213. The average Bonchev–Trinajstić information content (AvgIpc) is 3.91. The molecule has 2 aromatic heterocycles. The fourth-order valence-electron chi connectivity index (χ4n) is 7.87. The molecule has 2 nitrogen and oxygen atoms in total. The second-order valence-electron chi connectivity index (χ2n) is 12.9. The minimum Gasteiger partial charge on any atom is -0.309 e. The number of nitrogens with zero attached hydrogens (tertiary/aromatic N) is 2. The van der Waals surface area contributed by atoms with Crippen molar-refractivity contribution in [1.82, 2.24) is 9.13 Å². The molecule has 0 N–H and O–H groups in total. The zero-order chi connectivity index (χ0) is 32.3. The van der Waals surface area contributed by atoms with Crippen LogP contribution in [0.1, 0.15) is 12.0 Å². The molecule has 230 valence electrons. The Morgan fingerprint density at radius 2 is 0.980 bits per heavy atom. The first-order valence-electron chi connectivity index (χ1n) is 17.0. The maximum atomic E-state index is 2.43. The molecule has 10 rings (SSSR count). The van der Waals surface area contributed by atoms with Crippen molar-refractivity contribution in [2.75, 3.05) is 0 Å². The molecule has 0 atom stereocenters. The highest BCUT2D eigenvalue weighted by Gasteiger charge is 2.18. The van der Waals surface area contributed by atoms with E-state index in [4.69, 9.17) is 0 Å². The van der Waals surface area contributed by atoms with Crippen LogP contribution in [-0.4, -0.2) is 9.13 Å². The van der Waals surface area contributed by atoms with Gasteiger partial charge in [-0.2, -0.15) is 0 Å². The molecule has 49 heavy (non-hydrogen) atoms. The summed E-state index contributed by atoms with van der Waals surface area (Å²) < 4.78 is 4.84. The lowest BCUT2D eigenvalue weighted by Gasteiger charge is -2.14. The normalized spacial score (nSPS) is 12.9. The zero-order valence-electron chi connectivity index (χ0n) is 26.9.